The van der Waals surface area contributed by atoms with Gasteiger partial charge in [-0.1, -0.05) is 25.5 Å². The van der Waals surface area contributed by atoms with Crippen LogP contribution in [0.1, 0.15) is 40.5 Å². The Bertz CT molecular complexity index is 191. The monoisotopic (exact) mass is 182 g/mol. The molecule has 0 aromatic heterocycles. The second-order valence-electron chi connectivity index (χ2n) is 3.97. The van der Waals surface area contributed by atoms with E-state index in [9.17, 15) is 5.11 Å². The molecule has 0 saturated carbocycles. The van der Waals surface area contributed by atoms with E-state index in [0.29, 0.717) is 5.92 Å². The molecule has 0 aliphatic rings. The summed E-state index contributed by atoms with van der Waals surface area (Å²) in [5.41, 5.74) is 2.28. The van der Waals surface area contributed by atoms with Gasteiger partial charge in [0.05, 0.1) is 6.10 Å². The highest BCUT2D eigenvalue weighted by Crippen LogP contribution is 2.15. The summed E-state index contributed by atoms with van der Waals surface area (Å²) in [6, 6.07) is 0. The Hall–Kier alpha value is -0.560. The predicted molar refractivity (Wildman–Crippen MR) is 58.6 cm³/mol. The van der Waals surface area contributed by atoms with Gasteiger partial charge in [0.25, 0.3) is 0 Å². The number of hydrogen-bond donors (Lipinski definition) is 1. The average molecular weight is 182 g/mol. The highest BCUT2D eigenvalue weighted by molar-refractivity contribution is 5.07. The van der Waals surface area contributed by atoms with E-state index in [-0.39, 0.29) is 6.10 Å². The lowest BCUT2D eigenvalue weighted by molar-refractivity contribution is 0.205. The number of rotatable bonds is 5. The molecule has 2 unspecified atom stereocenters. The fourth-order valence-electron chi connectivity index (χ4n) is 1.49. The Kier molecular flexibility index (Phi) is 5.72. The van der Waals surface area contributed by atoms with Crippen LogP contribution in [-0.2, 0) is 0 Å². The standard InChI is InChI=1S/C12H22O/c1-6-12(13)11(5)8-10(4)7-9(2)3/h8,10,12-13H,2,6-7H2,1,3-5H3. The lowest BCUT2D eigenvalue weighted by atomic mass is 9.98. The minimum Gasteiger partial charge on any atom is -0.389 e. The second kappa shape index (κ2) is 5.98. The summed E-state index contributed by atoms with van der Waals surface area (Å²) < 4.78 is 0. The molecule has 0 bridgehead atoms. The Morgan fingerprint density at radius 2 is 2.00 bits per heavy atom. The number of hydrogen-bond acceptors (Lipinski definition) is 1. The van der Waals surface area contributed by atoms with Gasteiger partial charge in [0, 0.05) is 0 Å². The molecule has 0 aromatic rings. The molecule has 76 valence electrons. The van der Waals surface area contributed by atoms with Crippen LogP contribution >= 0.6 is 0 Å². The molecule has 1 nitrogen and oxygen atoms in total. The second-order valence-corrected chi connectivity index (χ2v) is 3.97. The number of allylic oxidation sites excluding steroid dienone is 2. The van der Waals surface area contributed by atoms with Crippen molar-refractivity contribution in [1.82, 2.24) is 0 Å². The van der Waals surface area contributed by atoms with Gasteiger partial charge in [-0.2, -0.15) is 0 Å². The first-order valence-corrected chi connectivity index (χ1v) is 4.98. The van der Waals surface area contributed by atoms with Gasteiger partial charge < -0.3 is 5.11 Å². The van der Waals surface area contributed by atoms with Crippen molar-refractivity contribution in [1.29, 1.82) is 0 Å². The summed E-state index contributed by atoms with van der Waals surface area (Å²) in [4.78, 5) is 0. The van der Waals surface area contributed by atoms with Gasteiger partial charge in [-0.25, -0.2) is 0 Å². The van der Waals surface area contributed by atoms with Gasteiger partial charge >= 0.3 is 0 Å². The summed E-state index contributed by atoms with van der Waals surface area (Å²) in [7, 11) is 0. The first kappa shape index (κ1) is 12.4. The first-order valence-electron chi connectivity index (χ1n) is 4.98. The highest BCUT2D eigenvalue weighted by atomic mass is 16.3. The van der Waals surface area contributed by atoms with Gasteiger partial charge in [-0.3, -0.25) is 0 Å². The van der Waals surface area contributed by atoms with Gasteiger partial charge in [-0.05, 0) is 38.2 Å². The van der Waals surface area contributed by atoms with Gasteiger partial charge in [0.15, 0.2) is 0 Å². The van der Waals surface area contributed by atoms with Crippen molar-refractivity contribution in [3.8, 4) is 0 Å². The Morgan fingerprint density at radius 1 is 1.46 bits per heavy atom. The highest BCUT2D eigenvalue weighted by Gasteiger charge is 2.05. The van der Waals surface area contributed by atoms with Crippen molar-refractivity contribution in [3.63, 3.8) is 0 Å². The summed E-state index contributed by atoms with van der Waals surface area (Å²) in [5.74, 6) is 0.485. The predicted octanol–water partition coefficient (Wildman–Crippen LogP) is 3.31. The van der Waals surface area contributed by atoms with Crippen LogP contribution in [0.4, 0.5) is 0 Å². The van der Waals surface area contributed by atoms with Crippen LogP contribution < -0.4 is 0 Å². The molecule has 0 heterocycles. The summed E-state index contributed by atoms with van der Waals surface area (Å²) in [5, 5.41) is 9.52. The lowest BCUT2D eigenvalue weighted by Crippen LogP contribution is -2.07. The third kappa shape index (κ3) is 5.64. The van der Waals surface area contributed by atoms with Crippen molar-refractivity contribution < 1.29 is 5.11 Å². The normalized spacial score (nSPS) is 16.8. The van der Waals surface area contributed by atoms with Gasteiger partial charge in [-0.15, -0.1) is 6.58 Å². The fraction of sp³-hybridized carbons (Fsp3) is 0.667. The molecule has 0 spiro atoms. The van der Waals surface area contributed by atoms with Gasteiger partial charge in [0.1, 0.15) is 0 Å². The fourth-order valence-corrected chi connectivity index (χ4v) is 1.49. The number of aliphatic hydroxyl groups is 1. The summed E-state index contributed by atoms with van der Waals surface area (Å²) >= 11 is 0. The first-order chi connectivity index (χ1) is 5.97. The van der Waals surface area contributed by atoms with Gasteiger partial charge in [0.2, 0.25) is 0 Å². The molecule has 1 heteroatoms. The third-order valence-corrected chi connectivity index (χ3v) is 2.13. The van der Waals surface area contributed by atoms with E-state index < -0.39 is 0 Å². The average Bonchev–Trinajstić information content (AvgIpc) is 2.01. The van der Waals surface area contributed by atoms with Crippen LogP contribution in [0, 0.1) is 5.92 Å². The van der Waals surface area contributed by atoms with Crippen LogP contribution in [0.3, 0.4) is 0 Å². The van der Waals surface area contributed by atoms with Crippen LogP contribution in [0.5, 0.6) is 0 Å². The van der Waals surface area contributed by atoms with Crippen LogP contribution in [-0.4, -0.2) is 11.2 Å². The third-order valence-electron chi connectivity index (χ3n) is 2.13. The Labute approximate surface area is 82.2 Å². The van der Waals surface area contributed by atoms with E-state index in [4.69, 9.17) is 0 Å². The summed E-state index contributed by atoms with van der Waals surface area (Å²) in [6.07, 6.45) is 3.67. The molecule has 0 amide bonds. The zero-order valence-electron chi connectivity index (χ0n) is 9.30. The molecule has 0 aliphatic heterocycles. The maximum absolute atomic E-state index is 9.52. The van der Waals surface area contributed by atoms with Crippen molar-refractivity contribution in [2.75, 3.05) is 0 Å². The van der Waals surface area contributed by atoms with Crippen molar-refractivity contribution in [2.45, 2.75) is 46.6 Å². The molecule has 0 aliphatic carbocycles. The quantitative estimate of drug-likeness (QED) is 0.647. The molecule has 0 fully saturated rings. The van der Waals surface area contributed by atoms with Crippen LogP contribution in [0.25, 0.3) is 0 Å². The molecule has 0 saturated heterocycles. The summed E-state index contributed by atoms with van der Waals surface area (Å²) in [6.45, 7) is 12.0. The van der Waals surface area contributed by atoms with E-state index >= 15 is 0 Å². The molecule has 13 heavy (non-hydrogen) atoms. The SMILES string of the molecule is C=C(C)CC(C)C=C(C)C(O)CC. The molecule has 0 rings (SSSR count). The molecular weight excluding hydrogens is 160 g/mol. The van der Waals surface area contributed by atoms with E-state index in [2.05, 4.69) is 19.6 Å². The zero-order chi connectivity index (χ0) is 10.4. The van der Waals surface area contributed by atoms with Crippen molar-refractivity contribution in [2.24, 2.45) is 5.92 Å². The van der Waals surface area contributed by atoms with Crippen molar-refractivity contribution >= 4 is 0 Å². The Balaban J connectivity index is 4.12. The van der Waals surface area contributed by atoms with E-state index in [0.717, 1.165) is 18.4 Å². The Morgan fingerprint density at radius 3 is 2.38 bits per heavy atom. The molecular formula is C12H22O. The smallest absolute Gasteiger partial charge is 0.0744 e. The van der Waals surface area contributed by atoms with E-state index in [1.54, 1.807) is 0 Å². The maximum atomic E-state index is 9.52. The maximum Gasteiger partial charge on any atom is 0.0744 e. The minimum absolute atomic E-state index is 0.271. The van der Waals surface area contributed by atoms with Crippen LogP contribution in [0.2, 0.25) is 0 Å². The molecule has 2 atom stereocenters. The molecule has 0 radical (unpaired) electrons. The lowest BCUT2D eigenvalue weighted by Gasteiger charge is -2.12. The zero-order valence-corrected chi connectivity index (χ0v) is 9.30. The number of aliphatic hydroxyl groups excluding tert-OH is 1. The topological polar surface area (TPSA) is 20.2 Å². The molecule has 1 N–H and O–H groups in total. The van der Waals surface area contributed by atoms with Crippen molar-refractivity contribution in [3.05, 3.63) is 23.8 Å². The van der Waals surface area contributed by atoms with E-state index in [1.165, 1.54) is 5.57 Å². The molecule has 0 aromatic carbocycles. The van der Waals surface area contributed by atoms with Crippen LogP contribution in [0.15, 0.2) is 23.8 Å². The largest absolute Gasteiger partial charge is 0.389 e. The minimum atomic E-state index is -0.271. The van der Waals surface area contributed by atoms with E-state index in [1.807, 2.05) is 20.8 Å².